The molecule has 26 heavy (non-hydrogen) atoms. The number of nitrogens with zero attached hydrogens (tertiary/aromatic N) is 1. The highest BCUT2D eigenvalue weighted by atomic mass is 35.5. The number of anilines is 1. The van der Waals surface area contributed by atoms with Crippen LogP contribution in [-0.2, 0) is 9.53 Å². The molecule has 2 aromatic rings. The smallest absolute Gasteiger partial charge is 0.337 e. The van der Waals surface area contributed by atoms with Gasteiger partial charge in [-0.2, -0.15) is 5.26 Å². The SMILES string of the molecule is COC(=O)c1ccc(NC(=O)/C(C#N)=C/c2cc(Cl)cc(OC)c2)cc1. The van der Waals surface area contributed by atoms with Crippen LogP contribution < -0.4 is 10.1 Å². The summed E-state index contributed by atoms with van der Waals surface area (Å²) in [7, 11) is 2.78. The number of nitriles is 1. The van der Waals surface area contributed by atoms with E-state index in [1.54, 1.807) is 30.3 Å². The topological polar surface area (TPSA) is 88.4 Å². The quantitative estimate of drug-likeness (QED) is 0.492. The molecule has 0 heterocycles. The Balaban J connectivity index is 2.20. The largest absolute Gasteiger partial charge is 0.497 e. The monoisotopic (exact) mass is 370 g/mol. The Hall–Kier alpha value is -3.30. The lowest BCUT2D eigenvalue weighted by atomic mass is 10.1. The average Bonchev–Trinajstić information content (AvgIpc) is 2.65. The Morgan fingerprint density at radius 2 is 1.85 bits per heavy atom. The van der Waals surface area contributed by atoms with Gasteiger partial charge in [-0.1, -0.05) is 11.6 Å². The minimum Gasteiger partial charge on any atom is -0.497 e. The van der Waals surface area contributed by atoms with Gasteiger partial charge in [0.2, 0.25) is 0 Å². The van der Waals surface area contributed by atoms with Crippen LogP contribution in [0.1, 0.15) is 15.9 Å². The maximum absolute atomic E-state index is 12.3. The van der Waals surface area contributed by atoms with Crippen molar-refractivity contribution in [3.8, 4) is 11.8 Å². The third-order valence-electron chi connectivity index (χ3n) is 3.37. The van der Waals surface area contributed by atoms with Gasteiger partial charge in [0.15, 0.2) is 0 Å². The van der Waals surface area contributed by atoms with Gasteiger partial charge in [-0.05, 0) is 54.1 Å². The molecule has 0 spiro atoms. The second-order valence-electron chi connectivity index (χ2n) is 5.12. The Bertz CT molecular complexity index is 899. The van der Waals surface area contributed by atoms with E-state index in [9.17, 15) is 14.9 Å². The zero-order valence-electron chi connectivity index (χ0n) is 14.1. The highest BCUT2D eigenvalue weighted by Gasteiger charge is 2.11. The molecule has 0 radical (unpaired) electrons. The summed E-state index contributed by atoms with van der Waals surface area (Å²) in [6.45, 7) is 0. The van der Waals surface area contributed by atoms with E-state index >= 15 is 0 Å². The van der Waals surface area contributed by atoms with E-state index in [1.165, 1.54) is 32.4 Å². The molecule has 1 amide bonds. The molecule has 0 aliphatic rings. The number of nitrogens with one attached hydrogen (secondary N) is 1. The summed E-state index contributed by atoms with van der Waals surface area (Å²) in [6.07, 6.45) is 1.41. The van der Waals surface area contributed by atoms with Gasteiger partial charge in [-0.3, -0.25) is 4.79 Å². The highest BCUT2D eigenvalue weighted by molar-refractivity contribution is 6.30. The maximum Gasteiger partial charge on any atom is 0.337 e. The first-order valence-corrected chi connectivity index (χ1v) is 7.80. The number of amides is 1. The third-order valence-corrected chi connectivity index (χ3v) is 3.59. The van der Waals surface area contributed by atoms with Gasteiger partial charge in [-0.25, -0.2) is 4.79 Å². The highest BCUT2D eigenvalue weighted by Crippen LogP contribution is 2.22. The van der Waals surface area contributed by atoms with E-state index < -0.39 is 11.9 Å². The Kier molecular flexibility index (Phi) is 6.36. The fraction of sp³-hybridized carbons (Fsp3) is 0.105. The van der Waals surface area contributed by atoms with Gasteiger partial charge in [0.05, 0.1) is 19.8 Å². The molecule has 0 atom stereocenters. The second-order valence-corrected chi connectivity index (χ2v) is 5.55. The molecule has 0 aromatic heterocycles. The van der Waals surface area contributed by atoms with E-state index in [1.807, 2.05) is 6.07 Å². The number of rotatable bonds is 5. The lowest BCUT2D eigenvalue weighted by Crippen LogP contribution is -2.13. The molecule has 0 saturated heterocycles. The van der Waals surface area contributed by atoms with Crippen LogP contribution in [0.2, 0.25) is 5.02 Å². The van der Waals surface area contributed by atoms with E-state index in [0.29, 0.717) is 27.6 Å². The van der Waals surface area contributed by atoms with E-state index in [4.69, 9.17) is 16.3 Å². The van der Waals surface area contributed by atoms with Crippen molar-refractivity contribution in [2.45, 2.75) is 0 Å². The van der Waals surface area contributed by atoms with Crippen molar-refractivity contribution in [2.24, 2.45) is 0 Å². The van der Waals surface area contributed by atoms with Crippen molar-refractivity contribution < 1.29 is 19.1 Å². The van der Waals surface area contributed by atoms with E-state index in [0.717, 1.165) is 0 Å². The summed E-state index contributed by atoms with van der Waals surface area (Å²) in [6, 6.07) is 12.9. The fourth-order valence-corrected chi connectivity index (χ4v) is 2.34. The van der Waals surface area contributed by atoms with E-state index in [-0.39, 0.29) is 5.57 Å². The number of benzene rings is 2. The van der Waals surface area contributed by atoms with Gasteiger partial charge in [0.25, 0.3) is 5.91 Å². The summed E-state index contributed by atoms with van der Waals surface area (Å²) in [5, 5.41) is 12.3. The number of hydrogen-bond acceptors (Lipinski definition) is 5. The van der Waals surface area contributed by atoms with E-state index in [2.05, 4.69) is 10.1 Å². The third kappa shape index (κ3) is 4.85. The standard InChI is InChI=1S/C19H15ClN2O4/c1-25-17-9-12(8-15(20)10-17)7-14(11-21)18(23)22-16-5-3-13(4-6-16)19(24)26-2/h3-10H,1-2H3,(H,22,23)/b14-7+. The van der Waals surface area contributed by atoms with Gasteiger partial charge < -0.3 is 14.8 Å². The molecule has 132 valence electrons. The van der Waals surface area contributed by atoms with Gasteiger partial charge in [0, 0.05) is 10.7 Å². The Morgan fingerprint density at radius 1 is 1.15 bits per heavy atom. The molecule has 0 bridgehead atoms. The van der Waals surface area contributed by atoms with Crippen LogP contribution in [0.3, 0.4) is 0 Å². The number of carbonyl (C=O) groups excluding carboxylic acids is 2. The molecule has 0 fully saturated rings. The van der Waals surface area contributed by atoms with Crippen molar-refractivity contribution >= 4 is 35.2 Å². The first kappa shape index (κ1) is 19.0. The summed E-state index contributed by atoms with van der Waals surface area (Å²) < 4.78 is 9.72. The summed E-state index contributed by atoms with van der Waals surface area (Å²) >= 11 is 5.99. The van der Waals surface area contributed by atoms with Crippen LogP contribution in [0, 0.1) is 11.3 Å². The van der Waals surface area contributed by atoms with Crippen LogP contribution >= 0.6 is 11.6 Å². The first-order chi connectivity index (χ1) is 12.5. The number of carbonyl (C=O) groups is 2. The Labute approximate surface area is 155 Å². The van der Waals surface area contributed by atoms with Gasteiger partial charge in [-0.15, -0.1) is 0 Å². The average molecular weight is 371 g/mol. The predicted molar refractivity (Wildman–Crippen MR) is 98.0 cm³/mol. The molecular weight excluding hydrogens is 356 g/mol. The fourth-order valence-electron chi connectivity index (χ4n) is 2.11. The van der Waals surface area contributed by atoms with Gasteiger partial charge >= 0.3 is 5.97 Å². The Morgan fingerprint density at radius 3 is 2.42 bits per heavy atom. The van der Waals surface area contributed by atoms with Crippen molar-refractivity contribution in [1.29, 1.82) is 5.26 Å². The molecule has 0 saturated carbocycles. The zero-order chi connectivity index (χ0) is 19.1. The van der Waals surface area contributed by atoms with Crippen molar-refractivity contribution in [1.82, 2.24) is 0 Å². The molecule has 1 N–H and O–H groups in total. The number of methoxy groups -OCH3 is 2. The molecule has 0 aliphatic carbocycles. The normalized spacial score (nSPS) is 10.6. The maximum atomic E-state index is 12.3. The minimum absolute atomic E-state index is 0.105. The predicted octanol–water partition coefficient (Wildman–Crippen LogP) is 3.68. The summed E-state index contributed by atoms with van der Waals surface area (Å²) in [5.74, 6) is -0.549. The molecule has 0 aliphatic heterocycles. The number of hydrogen-bond donors (Lipinski definition) is 1. The van der Waals surface area contributed by atoms with Crippen LogP contribution in [0.15, 0.2) is 48.0 Å². The number of halogens is 1. The van der Waals surface area contributed by atoms with Gasteiger partial charge in [0.1, 0.15) is 17.4 Å². The number of ether oxygens (including phenoxy) is 2. The first-order valence-electron chi connectivity index (χ1n) is 7.43. The molecule has 6 nitrogen and oxygen atoms in total. The zero-order valence-corrected chi connectivity index (χ0v) is 14.8. The minimum atomic E-state index is -0.586. The van der Waals surface area contributed by atoms with Crippen LogP contribution in [0.25, 0.3) is 6.08 Å². The molecular formula is C19H15ClN2O4. The summed E-state index contributed by atoms with van der Waals surface area (Å²) in [4.78, 5) is 23.7. The van der Waals surface area contributed by atoms with Crippen LogP contribution in [0.4, 0.5) is 5.69 Å². The van der Waals surface area contributed by atoms with Crippen molar-refractivity contribution in [2.75, 3.05) is 19.5 Å². The molecule has 2 aromatic carbocycles. The molecule has 0 unspecified atom stereocenters. The second kappa shape index (κ2) is 8.70. The van der Waals surface area contributed by atoms with Crippen molar-refractivity contribution in [3.63, 3.8) is 0 Å². The summed E-state index contributed by atoms with van der Waals surface area (Å²) in [5.41, 5.74) is 1.24. The van der Waals surface area contributed by atoms with Crippen LogP contribution in [-0.4, -0.2) is 26.1 Å². The van der Waals surface area contributed by atoms with Crippen LogP contribution in [0.5, 0.6) is 5.75 Å². The number of esters is 1. The lowest BCUT2D eigenvalue weighted by Gasteiger charge is -2.06. The molecule has 7 heteroatoms. The molecule has 2 rings (SSSR count). The van der Waals surface area contributed by atoms with Crippen molar-refractivity contribution in [3.05, 3.63) is 64.2 Å². The lowest BCUT2D eigenvalue weighted by molar-refractivity contribution is -0.112.